The smallest absolute Gasteiger partial charge is 0.526 e. The average Bonchev–Trinajstić information content (AvgIpc) is 3.59. The van der Waals surface area contributed by atoms with Crippen LogP contribution in [-0.2, 0) is 0 Å². The lowest BCUT2D eigenvalue weighted by Crippen LogP contribution is -2.26. The van der Waals surface area contributed by atoms with Crippen LogP contribution in [0.3, 0.4) is 0 Å². The van der Waals surface area contributed by atoms with Crippen LogP contribution in [0.2, 0.25) is 0 Å². The third-order valence-corrected chi connectivity index (χ3v) is 5.08. The predicted octanol–water partition coefficient (Wildman–Crippen LogP) is 3.08. The highest BCUT2D eigenvalue weighted by Gasteiger charge is 2.25. The van der Waals surface area contributed by atoms with Gasteiger partial charge in [0, 0.05) is 23.2 Å². The minimum atomic E-state index is -0.0435. The molecule has 2 N–H and O–H groups in total. The second kappa shape index (κ2) is 8.19. The number of hydrogen-bond donors (Lipinski definition) is 2. The minimum Gasteiger partial charge on any atom is -0.526 e. The molecule has 0 spiro atoms. The standard InChI is InChI=1S/C22H24BN2O4/c1-13-11-17(7-9-19(13)21(26)24-15-3-4-15)28-23-29-18-8-10-20(14(2)12-18)22(27)25-16-5-6-16/h7-12,15-16H,3-6H2,1-2H3,(H,24,26)(H,25,27). The fourth-order valence-corrected chi connectivity index (χ4v) is 3.05. The summed E-state index contributed by atoms with van der Waals surface area (Å²) in [6.45, 7) is 3.76. The van der Waals surface area contributed by atoms with Crippen LogP contribution in [0.5, 0.6) is 11.5 Å². The average molecular weight is 391 g/mol. The summed E-state index contributed by atoms with van der Waals surface area (Å²) in [5.74, 6) is 1.08. The molecule has 0 unspecified atom stereocenters. The van der Waals surface area contributed by atoms with E-state index in [9.17, 15) is 9.59 Å². The summed E-state index contributed by atoms with van der Waals surface area (Å²) in [7, 11) is 1.25. The van der Waals surface area contributed by atoms with Crippen LogP contribution in [0, 0.1) is 13.8 Å². The zero-order valence-corrected chi connectivity index (χ0v) is 16.7. The fraction of sp³-hybridized carbons (Fsp3) is 0.364. The maximum absolute atomic E-state index is 12.2. The molecule has 1 radical (unpaired) electrons. The van der Waals surface area contributed by atoms with Gasteiger partial charge in [0.1, 0.15) is 11.5 Å². The topological polar surface area (TPSA) is 76.7 Å². The SMILES string of the molecule is Cc1cc(O[B]Oc2ccc(C(=O)NC3CC3)c(C)c2)ccc1C(=O)NC1CC1. The van der Waals surface area contributed by atoms with Gasteiger partial charge in [-0.25, -0.2) is 0 Å². The first-order valence-corrected chi connectivity index (χ1v) is 9.97. The van der Waals surface area contributed by atoms with Crippen molar-refractivity contribution in [2.24, 2.45) is 0 Å². The van der Waals surface area contributed by atoms with E-state index in [0.29, 0.717) is 34.7 Å². The molecule has 0 aliphatic heterocycles. The van der Waals surface area contributed by atoms with Crippen LogP contribution in [-0.4, -0.2) is 31.6 Å². The first kappa shape index (κ1) is 19.4. The molecule has 2 fully saturated rings. The van der Waals surface area contributed by atoms with Crippen LogP contribution < -0.4 is 19.9 Å². The van der Waals surface area contributed by atoms with Gasteiger partial charge in [-0.05, 0) is 87.1 Å². The third-order valence-electron chi connectivity index (χ3n) is 5.08. The molecule has 7 heteroatoms. The van der Waals surface area contributed by atoms with Crippen molar-refractivity contribution in [3.63, 3.8) is 0 Å². The summed E-state index contributed by atoms with van der Waals surface area (Å²) in [4.78, 5) is 24.4. The van der Waals surface area contributed by atoms with E-state index in [-0.39, 0.29) is 11.8 Å². The number of nitrogens with one attached hydrogen (secondary N) is 2. The second-order valence-corrected chi connectivity index (χ2v) is 7.78. The summed E-state index contributed by atoms with van der Waals surface area (Å²) >= 11 is 0. The van der Waals surface area contributed by atoms with E-state index in [1.807, 2.05) is 13.8 Å². The first-order chi connectivity index (χ1) is 14.0. The zero-order valence-electron chi connectivity index (χ0n) is 16.7. The number of aryl methyl sites for hydroxylation is 2. The number of carbonyl (C=O) groups is 2. The van der Waals surface area contributed by atoms with Crippen molar-refractivity contribution in [3.8, 4) is 11.5 Å². The summed E-state index contributed by atoms with van der Waals surface area (Å²) in [6.07, 6.45) is 4.24. The molecule has 2 saturated carbocycles. The van der Waals surface area contributed by atoms with Crippen LogP contribution >= 0.6 is 0 Å². The van der Waals surface area contributed by atoms with E-state index in [1.165, 1.54) is 7.69 Å². The highest BCUT2D eigenvalue weighted by Crippen LogP contribution is 2.23. The number of amides is 2. The molecule has 0 atom stereocenters. The van der Waals surface area contributed by atoms with Crippen LogP contribution in [0.4, 0.5) is 0 Å². The molecule has 0 aromatic heterocycles. The van der Waals surface area contributed by atoms with Crippen molar-refractivity contribution in [1.82, 2.24) is 10.6 Å². The Balaban J connectivity index is 1.30. The molecule has 149 valence electrons. The van der Waals surface area contributed by atoms with E-state index in [1.54, 1.807) is 36.4 Å². The quantitative estimate of drug-likeness (QED) is 0.679. The number of hydrogen-bond acceptors (Lipinski definition) is 4. The summed E-state index contributed by atoms with van der Waals surface area (Å²) in [5, 5.41) is 5.97. The Hall–Kier alpha value is -2.96. The van der Waals surface area contributed by atoms with Crippen molar-refractivity contribution in [2.45, 2.75) is 51.6 Å². The Morgan fingerprint density at radius 3 is 1.55 bits per heavy atom. The van der Waals surface area contributed by atoms with Gasteiger partial charge in [-0.1, -0.05) is 0 Å². The van der Waals surface area contributed by atoms with Crippen molar-refractivity contribution in [1.29, 1.82) is 0 Å². The lowest BCUT2D eigenvalue weighted by molar-refractivity contribution is 0.0942. The summed E-state index contributed by atoms with van der Waals surface area (Å²) < 4.78 is 11.1. The summed E-state index contributed by atoms with van der Waals surface area (Å²) in [5.41, 5.74) is 2.99. The third kappa shape index (κ3) is 5.10. The highest BCUT2D eigenvalue weighted by molar-refractivity contribution is 6.20. The zero-order chi connectivity index (χ0) is 20.4. The monoisotopic (exact) mass is 391 g/mol. The van der Waals surface area contributed by atoms with Crippen molar-refractivity contribution < 1.29 is 18.9 Å². The Labute approximate surface area is 171 Å². The van der Waals surface area contributed by atoms with Gasteiger partial charge >= 0.3 is 7.69 Å². The van der Waals surface area contributed by atoms with E-state index in [4.69, 9.17) is 9.31 Å². The van der Waals surface area contributed by atoms with Gasteiger partial charge in [0.25, 0.3) is 11.8 Å². The summed E-state index contributed by atoms with van der Waals surface area (Å²) in [6, 6.07) is 11.3. The molecule has 2 aromatic rings. The van der Waals surface area contributed by atoms with Gasteiger partial charge in [-0.3, -0.25) is 9.59 Å². The molecular formula is C22H24BN2O4. The Morgan fingerprint density at radius 1 is 0.793 bits per heavy atom. The van der Waals surface area contributed by atoms with E-state index < -0.39 is 0 Å². The molecule has 2 aliphatic carbocycles. The van der Waals surface area contributed by atoms with Crippen molar-refractivity contribution in [2.75, 3.05) is 0 Å². The van der Waals surface area contributed by atoms with Gasteiger partial charge in [0.2, 0.25) is 0 Å². The lowest BCUT2D eigenvalue weighted by Gasteiger charge is -2.11. The van der Waals surface area contributed by atoms with Gasteiger partial charge < -0.3 is 19.9 Å². The first-order valence-electron chi connectivity index (χ1n) is 9.97. The minimum absolute atomic E-state index is 0.0435. The van der Waals surface area contributed by atoms with E-state index in [0.717, 1.165) is 36.8 Å². The maximum atomic E-state index is 12.2. The van der Waals surface area contributed by atoms with E-state index >= 15 is 0 Å². The molecule has 2 amide bonds. The fourth-order valence-electron chi connectivity index (χ4n) is 3.05. The molecule has 29 heavy (non-hydrogen) atoms. The molecular weight excluding hydrogens is 367 g/mol. The predicted molar refractivity (Wildman–Crippen MR) is 110 cm³/mol. The molecule has 0 heterocycles. The normalized spacial score (nSPS) is 15.4. The Bertz CT molecular complexity index is 863. The Kier molecular flexibility index (Phi) is 5.47. The maximum Gasteiger partial charge on any atom is 0.658 e. The van der Waals surface area contributed by atoms with Crippen LogP contribution in [0.25, 0.3) is 0 Å². The number of benzene rings is 2. The van der Waals surface area contributed by atoms with Crippen molar-refractivity contribution >= 4 is 19.5 Å². The highest BCUT2D eigenvalue weighted by atomic mass is 16.6. The molecule has 0 saturated heterocycles. The lowest BCUT2D eigenvalue weighted by atomic mass is 10.1. The Morgan fingerprint density at radius 2 is 1.21 bits per heavy atom. The van der Waals surface area contributed by atoms with E-state index in [2.05, 4.69) is 10.6 Å². The molecule has 0 bridgehead atoms. The molecule has 2 aromatic carbocycles. The number of carbonyl (C=O) groups excluding carboxylic acids is 2. The molecule has 4 rings (SSSR count). The van der Waals surface area contributed by atoms with Gasteiger partial charge in [0.05, 0.1) is 0 Å². The van der Waals surface area contributed by atoms with Crippen LogP contribution in [0.1, 0.15) is 57.5 Å². The largest absolute Gasteiger partial charge is 0.658 e. The second-order valence-electron chi connectivity index (χ2n) is 7.78. The molecule has 2 aliphatic rings. The number of rotatable bonds is 8. The van der Waals surface area contributed by atoms with Gasteiger partial charge in [-0.2, -0.15) is 0 Å². The van der Waals surface area contributed by atoms with Gasteiger partial charge in [-0.15, -0.1) is 0 Å². The molecule has 6 nitrogen and oxygen atoms in total. The van der Waals surface area contributed by atoms with Crippen LogP contribution in [0.15, 0.2) is 36.4 Å². The van der Waals surface area contributed by atoms with Crippen molar-refractivity contribution in [3.05, 3.63) is 58.7 Å². The van der Waals surface area contributed by atoms with Gasteiger partial charge in [0.15, 0.2) is 0 Å².